The first-order chi connectivity index (χ1) is 12.9. The van der Waals surface area contributed by atoms with Gasteiger partial charge in [-0.15, -0.1) is 0 Å². The van der Waals surface area contributed by atoms with Gasteiger partial charge in [0.1, 0.15) is 5.82 Å². The second-order valence-corrected chi connectivity index (χ2v) is 6.41. The Morgan fingerprint density at radius 1 is 0.741 bits per heavy atom. The highest BCUT2D eigenvalue weighted by Gasteiger charge is 2.12. The minimum absolute atomic E-state index is 0.0893. The van der Waals surface area contributed by atoms with Crippen LogP contribution >= 0.6 is 23.2 Å². The summed E-state index contributed by atoms with van der Waals surface area (Å²) >= 11 is 11.7. The lowest BCUT2D eigenvalue weighted by Gasteiger charge is -2.09. The van der Waals surface area contributed by atoms with Crippen molar-refractivity contribution in [3.63, 3.8) is 0 Å². The van der Waals surface area contributed by atoms with Gasteiger partial charge in [-0.1, -0.05) is 41.4 Å². The van der Waals surface area contributed by atoms with E-state index in [1.807, 2.05) is 0 Å². The first-order valence-corrected chi connectivity index (χ1v) is 8.62. The standard InChI is InChI=1S/C20H13Cl2FN2O2/c21-16-7-2-1-6-15(16)20(27)25-13-5-3-4-12(10-13)19(26)24-14-8-9-18(23)17(22)11-14/h1-11H,(H,24,26)(H,25,27). The minimum Gasteiger partial charge on any atom is -0.322 e. The minimum atomic E-state index is -0.570. The number of hydrogen-bond donors (Lipinski definition) is 2. The van der Waals surface area contributed by atoms with Gasteiger partial charge in [0.2, 0.25) is 0 Å². The Labute approximate surface area is 164 Å². The molecular weight excluding hydrogens is 390 g/mol. The highest BCUT2D eigenvalue weighted by Crippen LogP contribution is 2.21. The molecule has 0 atom stereocenters. The summed E-state index contributed by atoms with van der Waals surface area (Å²) in [6.45, 7) is 0. The van der Waals surface area contributed by atoms with E-state index in [4.69, 9.17) is 23.2 Å². The Hall–Kier alpha value is -2.89. The van der Waals surface area contributed by atoms with E-state index >= 15 is 0 Å². The Bertz CT molecular complexity index is 1020. The van der Waals surface area contributed by atoms with Crippen molar-refractivity contribution in [1.29, 1.82) is 0 Å². The molecule has 2 N–H and O–H groups in total. The van der Waals surface area contributed by atoms with Crippen LogP contribution in [0.25, 0.3) is 0 Å². The molecule has 3 rings (SSSR count). The smallest absolute Gasteiger partial charge is 0.257 e. The van der Waals surface area contributed by atoms with E-state index in [0.717, 1.165) is 6.07 Å². The zero-order chi connectivity index (χ0) is 19.4. The number of carbonyl (C=O) groups excluding carboxylic acids is 2. The highest BCUT2D eigenvalue weighted by atomic mass is 35.5. The number of anilines is 2. The number of hydrogen-bond acceptors (Lipinski definition) is 2. The Morgan fingerprint density at radius 3 is 2.19 bits per heavy atom. The molecule has 27 heavy (non-hydrogen) atoms. The number of benzene rings is 3. The molecule has 2 amide bonds. The van der Waals surface area contributed by atoms with E-state index in [1.54, 1.807) is 42.5 Å². The largest absolute Gasteiger partial charge is 0.322 e. The molecule has 4 nitrogen and oxygen atoms in total. The normalized spacial score (nSPS) is 10.3. The fraction of sp³-hybridized carbons (Fsp3) is 0. The van der Waals surface area contributed by atoms with E-state index in [1.165, 1.54) is 18.2 Å². The molecule has 0 aromatic heterocycles. The molecule has 0 aliphatic carbocycles. The summed E-state index contributed by atoms with van der Waals surface area (Å²) in [7, 11) is 0. The molecule has 0 aliphatic heterocycles. The number of amides is 2. The van der Waals surface area contributed by atoms with Crippen LogP contribution in [-0.2, 0) is 0 Å². The van der Waals surface area contributed by atoms with Gasteiger partial charge in [0.15, 0.2) is 0 Å². The Balaban J connectivity index is 1.74. The van der Waals surface area contributed by atoms with Crippen molar-refractivity contribution < 1.29 is 14.0 Å². The lowest BCUT2D eigenvalue weighted by atomic mass is 10.1. The summed E-state index contributed by atoms with van der Waals surface area (Å²) in [5.41, 5.74) is 1.43. The number of carbonyl (C=O) groups is 2. The van der Waals surface area contributed by atoms with Gasteiger partial charge in [-0.05, 0) is 48.5 Å². The lowest BCUT2D eigenvalue weighted by Crippen LogP contribution is -2.15. The van der Waals surface area contributed by atoms with Gasteiger partial charge < -0.3 is 10.6 Å². The van der Waals surface area contributed by atoms with E-state index in [-0.39, 0.29) is 10.9 Å². The molecule has 0 fully saturated rings. The number of halogens is 3. The van der Waals surface area contributed by atoms with E-state index in [2.05, 4.69) is 10.6 Å². The van der Waals surface area contributed by atoms with Gasteiger partial charge in [0, 0.05) is 16.9 Å². The molecule has 0 heterocycles. The molecule has 0 saturated heterocycles. The third-order valence-electron chi connectivity index (χ3n) is 3.68. The van der Waals surface area contributed by atoms with Gasteiger partial charge >= 0.3 is 0 Å². The monoisotopic (exact) mass is 402 g/mol. The average molecular weight is 403 g/mol. The average Bonchev–Trinajstić information content (AvgIpc) is 2.65. The maximum absolute atomic E-state index is 13.2. The molecule has 0 radical (unpaired) electrons. The van der Waals surface area contributed by atoms with Gasteiger partial charge in [-0.25, -0.2) is 4.39 Å². The molecule has 3 aromatic carbocycles. The SMILES string of the molecule is O=C(Nc1ccc(F)c(Cl)c1)c1cccc(NC(=O)c2ccccc2Cl)c1. The van der Waals surface area contributed by atoms with E-state index in [9.17, 15) is 14.0 Å². The van der Waals surface area contributed by atoms with Crippen LogP contribution in [0.4, 0.5) is 15.8 Å². The van der Waals surface area contributed by atoms with Crippen LogP contribution in [0, 0.1) is 5.82 Å². The molecule has 7 heteroatoms. The Kier molecular flexibility index (Phi) is 5.74. The van der Waals surface area contributed by atoms with Gasteiger partial charge in [-0.3, -0.25) is 9.59 Å². The molecule has 136 valence electrons. The summed E-state index contributed by atoms with van der Waals surface area (Å²) in [6, 6.07) is 16.9. The predicted octanol–water partition coefficient (Wildman–Crippen LogP) is 5.64. The van der Waals surface area contributed by atoms with Crippen molar-refractivity contribution in [2.24, 2.45) is 0 Å². The molecule has 3 aromatic rings. The third-order valence-corrected chi connectivity index (χ3v) is 4.30. The summed E-state index contributed by atoms with van der Waals surface area (Å²) in [4.78, 5) is 24.7. The molecule has 0 saturated carbocycles. The van der Waals surface area contributed by atoms with Crippen LogP contribution in [0.2, 0.25) is 10.0 Å². The fourth-order valence-corrected chi connectivity index (χ4v) is 2.76. The number of rotatable bonds is 4. The van der Waals surface area contributed by atoms with E-state index < -0.39 is 11.7 Å². The van der Waals surface area contributed by atoms with Gasteiger partial charge in [0.05, 0.1) is 15.6 Å². The second-order valence-electron chi connectivity index (χ2n) is 5.60. The topological polar surface area (TPSA) is 58.2 Å². The number of nitrogens with one attached hydrogen (secondary N) is 2. The molecule has 0 unspecified atom stereocenters. The zero-order valence-corrected chi connectivity index (χ0v) is 15.3. The summed E-state index contributed by atoms with van der Waals surface area (Å²) < 4.78 is 13.2. The van der Waals surface area contributed by atoms with Crippen LogP contribution in [-0.4, -0.2) is 11.8 Å². The van der Waals surface area contributed by atoms with Crippen molar-refractivity contribution in [2.45, 2.75) is 0 Å². The van der Waals surface area contributed by atoms with Gasteiger partial charge in [-0.2, -0.15) is 0 Å². The van der Waals surface area contributed by atoms with Crippen LogP contribution in [0.3, 0.4) is 0 Å². The quantitative estimate of drug-likeness (QED) is 0.593. The maximum atomic E-state index is 13.2. The van der Waals surface area contributed by atoms with E-state index in [0.29, 0.717) is 27.5 Å². The predicted molar refractivity (Wildman–Crippen MR) is 105 cm³/mol. The molecule has 0 aliphatic rings. The molecule has 0 spiro atoms. The lowest BCUT2D eigenvalue weighted by molar-refractivity contribution is 0.101. The maximum Gasteiger partial charge on any atom is 0.257 e. The van der Waals surface area contributed by atoms with Crippen molar-refractivity contribution in [1.82, 2.24) is 0 Å². The first kappa shape index (κ1) is 18.9. The molecule has 0 bridgehead atoms. The fourth-order valence-electron chi connectivity index (χ4n) is 2.36. The van der Waals surface area contributed by atoms with Crippen LogP contribution in [0.5, 0.6) is 0 Å². The van der Waals surface area contributed by atoms with Gasteiger partial charge in [0.25, 0.3) is 11.8 Å². The van der Waals surface area contributed by atoms with Crippen LogP contribution in [0.1, 0.15) is 20.7 Å². The summed E-state index contributed by atoms with van der Waals surface area (Å²) in [5.74, 6) is -1.38. The highest BCUT2D eigenvalue weighted by molar-refractivity contribution is 6.34. The first-order valence-electron chi connectivity index (χ1n) is 7.86. The summed E-state index contributed by atoms with van der Waals surface area (Å²) in [5, 5.41) is 5.57. The van der Waals surface area contributed by atoms with Crippen LogP contribution in [0.15, 0.2) is 66.7 Å². The van der Waals surface area contributed by atoms with Crippen LogP contribution < -0.4 is 10.6 Å². The van der Waals surface area contributed by atoms with Crippen molar-refractivity contribution in [2.75, 3.05) is 10.6 Å². The third kappa shape index (κ3) is 4.64. The summed E-state index contributed by atoms with van der Waals surface area (Å²) in [6.07, 6.45) is 0. The second kappa shape index (κ2) is 8.20. The van der Waals surface area contributed by atoms with Crippen molar-refractivity contribution in [3.05, 3.63) is 93.7 Å². The molecular formula is C20H13Cl2FN2O2. The van der Waals surface area contributed by atoms with Crippen molar-refractivity contribution in [3.8, 4) is 0 Å². The Morgan fingerprint density at radius 2 is 1.44 bits per heavy atom. The van der Waals surface area contributed by atoms with Crippen molar-refractivity contribution >= 4 is 46.4 Å². The zero-order valence-electron chi connectivity index (χ0n) is 13.8.